The molecule has 0 aliphatic carbocycles. The lowest BCUT2D eigenvalue weighted by molar-refractivity contribution is 0.253. The van der Waals surface area contributed by atoms with Crippen LogP contribution in [0.3, 0.4) is 0 Å². The Hall–Kier alpha value is -1.98. The zero-order valence-electron chi connectivity index (χ0n) is 13.0. The summed E-state index contributed by atoms with van der Waals surface area (Å²) in [5, 5.41) is 0. The maximum Gasteiger partial charge on any atom is 0.307 e. The van der Waals surface area contributed by atoms with Gasteiger partial charge in [0.05, 0.1) is 10.2 Å². The van der Waals surface area contributed by atoms with Gasteiger partial charge in [0.25, 0.3) is 0 Å². The van der Waals surface area contributed by atoms with Crippen molar-refractivity contribution in [1.82, 2.24) is 14.5 Å². The van der Waals surface area contributed by atoms with E-state index in [2.05, 4.69) is 42.1 Å². The molecule has 3 aromatic rings. The molecule has 0 bridgehead atoms. The maximum atomic E-state index is 11.7. The monoisotopic (exact) mass is 313 g/mol. The van der Waals surface area contributed by atoms with E-state index < -0.39 is 0 Å². The summed E-state index contributed by atoms with van der Waals surface area (Å²) in [5.74, 6) is 0. The molecule has 1 unspecified atom stereocenters. The second-order valence-electron chi connectivity index (χ2n) is 5.61. The van der Waals surface area contributed by atoms with Crippen LogP contribution in [0.25, 0.3) is 10.2 Å². The summed E-state index contributed by atoms with van der Waals surface area (Å²) in [6.45, 7) is 3.01. The van der Waals surface area contributed by atoms with Gasteiger partial charge in [-0.05, 0) is 43.3 Å². The maximum absolute atomic E-state index is 11.7. The second-order valence-corrected chi connectivity index (χ2v) is 6.60. The third-order valence-electron chi connectivity index (χ3n) is 4.12. The summed E-state index contributed by atoms with van der Waals surface area (Å²) in [6.07, 6.45) is 3.70. The fourth-order valence-corrected chi connectivity index (χ4v) is 3.52. The Balaban J connectivity index is 1.82. The van der Waals surface area contributed by atoms with Gasteiger partial charge in [-0.25, -0.2) is 0 Å². The number of pyridine rings is 1. The van der Waals surface area contributed by atoms with Gasteiger partial charge in [-0.3, -0.25) is 14.7 Å². The number of hydrogen-bond acceptors (Lipinski definition) is 4. The Bertz CT molecular complexity index is 838. The van der Waals surface area contributed by atoms with Gasteiger partial charge in [-0.1, -0.05) is 23.5 Å². The molecule has 0 fully saturated rings. The number of hydrogen-bond donors (Lipinski definition) is 0. The van der Waals surface area contributed by atoms with E-state index in [1.54, 1.807) is 10.8 Å². The van der Waals surface area contributed by atoms with E-state index in [0.717, 1.165) is 16.8 Å². The van der Waals surface area contributed by atoms with Gasteiger partial charge in [-0.2, -0.15) is 0 Å². The van der Waals surface area contributed by atoms with E-state index in [4.69, 9.17) is 0 Å². The molecular weight excluding hydrogens is 294 g/mol. The molecule has 4 nitrogen and oxygen atoms in total. The highest BCUT2D eigenvalue weighted by atomic mass is 32.1. The number of aryl methyl sites for hydroxylation is 1. The first-order valence-electron chi connectivity index (χ1n) is 7.25. The van der Waals surface area contributed by atoms with E-state index in [9.17, 15) is 4.79 Å². The first-order valence-corrected chi connectivity index (χ1v) is 8.06. The number of aromatic nitrogens is 2. The van der Waals surface area contributed by atoms with Crippen LogP contribution in [-0.4, -0.2) is 21.5 Å². The number of nitrogens with zero attached hydrogens (tertiary/aromatic N) is 3. The first-order chi connectivity index (χ1) is 10.6. The van der Waals surface area contributed by atoms with Crippen LogP contribution in [-0.2, 0) is 13.6 Å². The lowest BCUT2D eigenvalue weighted by Crippen LogP contribution is -2.21. The molecule has 5 heteroatoms. The summed E-state index contributed by atoms with van der Waals surface area (Å²) < 4.78 is 2.75. The fourth-order valence-electron chi connectivity index (χ4n) is 2.58. The molecule has 0 spiro atoms. The zero-order valence-corrected chi connectivity index (χ0v) is 13.8. The Labute approximate surface area is 133 Å². The van der Waals surface area contributed by atoms with Crippen LogP contribution < -0.4 is 4.87 Å². The highest BCUT2D eigenvalue weighted by Gasteiger charge is 2.13. The molecule has 0 saturated carbocycles. The second kappa shape index (κ2) is 6.02. The van der Waals surface area contributed by atoms with Crippen molar-refractivity contribution < 1.29 is 0 Å². The number of benzene rings is 1. The van der Waals surface area contributed by atoms with E-state index >= 15 is 0 Å². The van der Waals surface area contributed by atoms with Crippen LogP contribution in [0, 0.1) is 0 Å². The van der Waals surface area contributed by atoms with Crippen molar-refractivity contribution in [3.05, 3.63) is 63.5 Å². The predicted octanol–water partition coefficient (Wildman–Crippen LogP) is 3.19. The van der Waals surface area contributed by atoms with Crippen LogP contribution >= 0.6 is 11.3 Å². The average Bonchev–Trinajstić information content (AvgIpc) is 2.81. The van der Waals surface area contributed by atoms with Crippen LogP contribution in [0.4, 0.5) is 0 Å². The number of thiazole rings is 1. The molecule has 0 saturated heterocycles. The zero-order chi connectivity index (χ0) is 15.7. The van der Waals surface area contributed by atoms with Crippen molar-refractivity contribution in [1.29, 1.82) is 0 Å². The van der Waals surface area contributed by atoms with Crippen molar-refractivity contribution in [3.8, 4) is 0 Å². The van der Waals surface area contributed by atoms with Gasteiger partial charge in [0.2, 0.25) is 0 Å². The Morgan fingerprint density at radius 3 is 2.91 bits per heavy atom. The minimum Gasteiger partial charge on any atom is -0.302 e. The summed E-state index contributed by atoms with van der Waals surface area (Å²) in [5.41, 5.74) is 3.42. The third-order valence-corrected chi connectivity index (χ3v) is 5.11. The molecule has 2 aromatic heterocycles. The SMILES string of the molecule is CC(c1cccnc1)N(C)Cc1ccc2c(c1)sc(=O)n2C. The fraction of sp³-hybridized carbons (Fsp3) is 0.294. The van der Waals surface area contributed by atoms with Crippen molar-refractivity contribution >= 4 is 21.6 Å². The summed E-state index contributed by atoms with van der Waals surface area (Å²) in [7, 11) is 3.92. The summed E-state index contributed by atoms with van der Waals surface area (Å²) in [4.78, 5) is 18.3. The normalized spacial score (nSPS) is 12.9. The van der Waals surface area contributed by atoms with Crippen LogP contribution in [0.1, 0.15) is 24.1 Å². The van der Waals surface area contributed by atoms with E-state index in [1.807, 2.05) is 25.4 Å². The largest absolute Gasteiger partial charge is 0.307 e. The molecule has 22 heavy (non-hydrogen) atoms. The van der Waals surface area contributed by atoms with E-state index in [-0.39, 0.29) is 4.87 Å². The van der Waals surface area contributed by atoms with Gasteiger partial charge in [0, 0.05) is 32.0 Å². The minimum absolute atomic E-state index is 0.0873. The quantitative estimate of drug-likeness (QED) is 0.742. The van der Waals surface area contributed by atoms with Crippen LogP contribution in [0.5, 0.6) is 0 Å². The smallest absolute Gasteiger partial charge is 0.302 e. The highest BCUT2D eigenvalue weighted by Crippen LogP contribution is 2.23. The molecule has 3 rings (SSSR count). The standard InChI is InChI=1S/C17H19N3OS/c1-12(14-5-4-8-18-10-14)19(2)11-13-6-7-15-16(9-13)22-17(21)20(15)3/h4-10,12H,11H2,1-3H3. The molecule has 0 aliphatic rings. The van der Waals surface area contributed by atoms with Gasteiger partial charge in [-0.15, -0.1) is 0 Å². The van der Waals surface area contributed by atoms with Gasteiger partial charge < -0.3 is 4.57 Å². The van der Waals surface area contributed by atoms with Crippen LogP contribution in [0.15, 0.2) is 47.5 Å². The highest BCUT2D eigenvalue weighted by molar-refractivity contribution is 7.16. The average molecular weight is 313 g/mol. The topological polar surface area (TPSA) is 38.1 Å². The molecule has 1 atom stereocenters. The minimum atomic E-state index is 0.0873. The van der Waals surface area contributed by atoms with Gasteiger partial charge >= 0.3 is 4.87 Å². The lowest BCUT2D eigenvalue weighted by atomic mass is 10.1. The molecule has 0 radical (unpaired) electrons. The lowest BCUT2D eigenvalue weighted by Gasteiger charge is -2.24. The molecule has 0 N–H and O–H groups in total. The van der Waals surface area contributed by atoms with E-state index in [0.29, 0.717) is 6.04 Å². The van der Waals surface area contributed by atoms with Crippen LogP contribution in [0.2, 0.25) is 0 Å². The molecule has 0 amide bonds. The molecular formula is C17H19N3OS. The predicted molar refractivity (Wildman–Crippen MR) is 91.2 cm³/mol. The Morgan fingerprint density at radius 1 is 1.36 bits per heavy atom. The van der Waals surface area contributed by atoms with Gasteiger partial charge in [0.15, 0.2) is 0 Å². The molecule has 2 heterocycles. The Kier molecular flexibility index (Phi) is 4.09. The molecule has 1 aromatic carbocycles. The van der Waals surface area contributed by atoms with Crippen molar-refractivity contribution in [2.75, 3.05) is 7.05 Å². The third kappa shape index (κ3) is 2.82. The Morgan fingerprint density at radius 2 is 2.18 bits per heavy atom. The first kappa shape index (κ1) is 14.9. The van der Waals surface area contributed by atoms with Crippen molar-refractivity contribution in [2.24, 2.45) is 7.05 Å². The van der Waals surface area contributed by atoms with Gasteiger partial charge in [0.1, 0.15) is 0 Å². The van der Waals surface area contributed by atoms with Crippen molar-refractivity contribution in [2.45, 2.75) is 19.5 Å². The molecule has 114 valence electrons. The van der Waals surface area contributed by atoms with Crippen molar-refractivity contribution in [3.63, 3.8) is 0 Å². The van der Waals surface area contributed by atoms with E-state index in [1.165, 1.54) is 22.5 Å². The number of fused-ring (bicyclic) bond motifs is 1. The molecule has 0 aliphatic heterocycles. The number of rotatable bonds is 4. The summed E-state index contributed by atoms with van der Waals surface area (Å²) in [6, 6.07) is 10.6. The summed E-state index contributed by atoms with van der Waals surface area (Å²) >= 11 is 1.30.